The van der Waals surface area contributed by atoms with Gasteiger partial charge in [0.15, 0.2) is 0 Å². The summed E-state index contributed by atoms with van der Waals surface area (Å²) >= 11 is -5.25. The Morgan fingerprint density at radius 1 is 0.833 bits per heavy atom. The third kappa shape index (κ3) is 80.4. The standard InChI is InChI=1S/Cr.4H2O.Zn/h;4*1H2;/q;;;;;+4/p-4. The van der Waals surface area contributed by atoms with E-state index >= 15 is 0 Å². The fourth-order valence-electron chi connectivity index (χ4n) is 0. The Morgan fingerprint density at radius 3 is 0.833 bits per heavy atom. The first-order valence-corrected chi connectivity index (χ1v) is 6.57. The molecule has 4 N–H and O–H groups in total. The molecule has 0 heterocycles. The first-order valence-electron chi connectivity index (χ1n) is 1.26. The van der Waals surface area contributed by atoms with Crippen molar-refractivity contribution in [1.82, 2.24) is 0 Å². The Labute approximate surface area is 49.6 Å². The molecule has 0 aromatic heterocycles. The Hall–Kier alpha value is 0.996. The molecule has 0 radical (unpaired) electrons. The van der Waals surface area contributed by atoms with Crippen molar-refractivity contribution in [1.29, 1.82) is 0 Å². The van der Waals surface area contributed by atoms with Gasteiger partial charge in [-0.3, -0.25) is 0 Å². The van der Waals surface area contributed by atoms with Crippen LogP contribution in [0.1, 0.15) is 0 Å². The second-order valence-electron chi connectivity index (χ2n) is 0.849. The Bertz CT molecular complexity index is 23.0. The van der Waals surface area contributed by atoms with Crippen molar-refractivity contribution < 1.29 is 49.3 Å². The zero-order valence-electron chi connectivity index (χ0n) is 2.90. The first-order chi connectivity index (χ1) is 2.00. The van der Waals surface area contributed by atoms with Gasteiger partial charge in [0, 0.05) is 17.4 Å². The summed E-state index contributed by atoms with van der Waals surface area (Å²) in [6, 6.07) is 0. The van der Waals surface area contributed by atoms with Gasteiger partial charge in [-0.1, -0.05) is 0 Å². The molecule has 0 rings (SSSR count). The average Bonchev–Trinajstić information content (AvgIpc) is 0.722. The van der Waals surface area contributed by atoms with E-state index in [9.17, 15) is 0 Å². The van der Waals surface area contributed by atoms with E-state index in [0.29, 0.717) is 0 Å². The van der Waals surface area contributed by atoms with Gasteiger partial charge in [0.2, 0.25) is 0 Å². The molecule has 0 unspecified atom stereocenters. The molecule has 0 aliphatic carbocycles. The summed E-state index contributed by atoms with van der Waals surface area (Å²) in [5.74, 6) is 0. The van der Waals surface area contributed by atoms with Crippen LogP contribution in [0, 0.1) is 0 Å². The topological polar surface area (TPSA) is 80.9 Å². The molecule has 0 spiro atoms. The van der Waals surface area contributed by atoms with Crippen molar-refractivity contribution in [2.45, 2.75) is 0 Å². The zero-order valence-corrected chi connectivity index (χ0v) is 7.15. The average molecular weight is 185 g/mol. The third-order valence-electron chi connectivity index (χ3n) is 0. The van der Waals surface area contributed by atoms with Crippen LogP contribution in [-0.2, 0) is 33.6 Å². The fourth-order valence-corrected chi connectivity index (χ4v) is 0. The summed E-state index contributed by atoms with van der Waals surface area (Å²) in [6.45, 7) is 0. The van der Waals surface area contributed by atoms with Crippen LogP contribution in [0.2, 0.25) is 0 Å². The van der Waals surface area contributed by atoms with Crippen molar-refractivity contribution in [3.05, 3.63) is 0 Å². The predicted molar refractivity (Wildman–Crippen MR) is 8.88 cm³/mol. The SMILES string of the molecule is [Cr].[OH][Zn]([OH])([OH])[OH]. The molecule has 0 saturated heterocycles. The monoisotopic (exact) mass is 184 g/mol. The molecule has 36 valence electrons. The summed E-state index contributed by atoms with van der Waals surface area (Å²) in [7, 11) is 0. The van der Waals surface area contributed by atoms with Crippen LogP contribution in [-0.4, -0.2) is 15.7 Å². The summed E-state index contributed by atoms with van der Waals surface area (Å²) in [5, 5.41) is 0. The van der Waals surface area contributed by atoms with E-state index in [0.717, 1.165) is 0 Å². The second kappa shape index (κ2) is 3.06. The quantitative estimate of drug-likeness (QED) is 0.322. The number of hydrogen-bond donors (Lipinski definition) is 4. The van der Waals surface area contributed by atoms with Gasteiger partial charge in [0.05, 0.1) is 0 Å². The van der Waals surface area contributed by atoms with E-state index in [2.05, 4.69) is 0 Å². The maximum atomic E-state index is 7.41. The number of hydrogen-bond acceptors (Lipinski definition) is 4. The molecule has 0 bridgehead atoms. The van der Waals surface area contributed by atoms with Crippen LogP contribution in [0.4, 0.5) is 0 Å². The van der Waals surface area contributed by atoms with Crippen molar-refractivity contribution in [2.75, 3.05) is 0 Å². The van der Waals surface area contributed by atoms with E-state index in [1.807, 2.05) is 0 Å². The molecule has 0 atom stereocenters. The Morgan fingerprint density at radius 2 is 0.833 bits per heavy atom. The minimum atomic E-state index is -5.25. The van der Waals surface area contributed by atoms with Crippen molar-refractivity contribution in [3.63, 3.8) is 0 Å². The molecule has 4 nitrogen and oxygen atoms in total. The molecule has 0 aliphatic heterocycles. The molecule has 0 aromatic carbocycles. The predicted octanol–water partition coefficient (Wildman–Crippen LogP) is -2.23. The van der Waals surface area contributed by atoms with E-state index < -0.39 is 16.2 Å². The van der Waals surface area contributed by atoms with Gasteiger partial charge in [0.1, 0.15) is 0 Å². The summed E-state index contributed by atoms with van der Waals surface area (Å²) in [6.07, 6.45) is 0. The van der Waals surface area contributed by atoms with Gasteiger partial charge in [-0.2, -0.15) is 0 Å². The van der Waals surface area contributed by atoms with Gasteiger partial charge >= 0.3 is 31.9 Å². The van der Waals surface area contributed by atoms with Crippen LogP contribution in [0.5, 0.6) is 0 Å². The molecule has 6 heavy (non-hydrogen) atoms. The van der Waals surface area contributed by atoms with Crippen LogP contribution >= 0.6 is 0 Å². The van der Waals surface area contributed by atoms with Gasteiger partial charge in [-0.25, -0.2) is 0 Å². The molecule has 0 aliphatic rings. The molecule has 0 aromatic rings. The first kappa shape index (κ1) is 10.1. The van der Waals surface area contributed by atoms with Crippen LogP contribution in [0.15, 0.2) is 0 Å². The summed E-state index contributed by atoms with van der Waals surface area (Å²) in [4.78, 5) is 0. The molecular weight excluding hydrogens is 181 g/mol. The number of rotatable bonds is 0. The molecular formula is H4CrO4Zn. The molecule has 0 saturated carbocycles. The van der Waals surface area contributed by atoms with E-state index in [1.165, 1.54) is 0 Å². The summed E-state index contributed by atoms with van der Waals surface area (Å²) < 4.78 is 29.6. The molecule has 6 heteroatoms. The van der Waals surface area contributed by atoms with Gasteiger partial charge in [0.25, 0.3) is 0 Å². The molecule has 0 fully saturated rings. The second-order valence-corrected chi connectivity index (χ2v) is 4.41. The fraction of sp³-hybridized carbons (Fsp3) is 0. The van der Waals surface area contributed by atoms with E-state index in [-0.39, 0.29) is 17.4 Å². The summed E-state index contributed by atoms with van der Waals surface area (Å²) in [5.41, 5.74) is 0. The zero-order chi connectivity index (χ0) is 4.50. The van der Waals surface area contributed by atoms with Crippen molar-refractivity contribution >= 4 is 0 Å². The van der Waals surface area contributed by atoms with Crippen molar-refractivity contribution in [2.24, 2.45) is 0 Å². The normalized spacial score (nSPS) is 7.33. The minimum absolute atomic E-state index is 0. The van der Waals surface area contributed by atoms with E-state index in [1.54, 1.807) is 0 Å². The Balaban J connectivity index is 0. The van der Waals surface area contributed by atoms with Gasteiger partial charge in [-0.15, -0.1) is 0 Å². The van der Waals surface area contributed by atoms with Crippen molar-refractivity contribution in [3.8, 4) is 0 Å². The van der Waals surface area contributed by atoms with Crippen LogP contribution in [0.3, 0.4) is 0 Å². The molecule has 0 amide bonds. The van der Waals surface area contributed by atoms with Crippen LogP contribution < -0.4 is 0 Å². The van der Waals surface area contributed by atoms with Gasteiger partial charge in [-0.05, 0) is 0 Å². The van der Waals surface area contributed by atoms with Crippen LogP contribution in [0.25, 0.3) is 0 Å². The third-order valence-corrected chi connectivity index (χ3v) is 0. The maximum absolute atomic E-state index is 7.41. The Kier molecular flexibility index (Phi) is 5.14. The van der Waals surface area contributed by atoms with E-state index in [4.69, 9.17) is 15.7 Å². The van der Waals surface area contributed by atoms with Gasteiger partial charge < -0.3 is 0 Å².